The number of aliphatic hydroxyl groups excluding tert-OH is 1. The third kappa shape index (κ3) is 2.13. The Morgan fingerprint density at radius 2 is 1.88 bits per heavy atom. The molecule has 1 fully saturated rings. The molecule has 96 valence electrons. The van der Waals surface area contributed by atoms with E-state index in [-0.39, 0.29) is 18.7 Å². The van der Waals surface area contributed by atoms with Crippen LogP contribution in [0, 0.1) is 5.92 Å². The van der Waals surface area contributed by atoms with Crippen molar-refractivity contribution < 1.29 is 13.5 Å². The topological polar surface area (TPSA) is 57.6 Å². The maximum atomic E-state index is 12.3. The Balaban J connectivity index is 3.00. The van der Waals surface area contributed by atoms with E-state index in [9.17, 15) is 13.5 Å². The van der Waals surface area contributed by atoms with E-state index in [2.05, 4.69) is 0 Å². The molecule has 0 radical (unpaired) electrons. The maximum Gasteiger partial charge on any atom is 0.219 e. The van der Waals surface area contributed by atoms with Gasteiger partial charge in [0, 0.05) is 12.1 Å². The molecule has 16 heavy (non-hydrogen) atoms. The Morgan fingerprint density at radius 1 is 1.38 bits per heavy atom. The van der Waals surface area contributed by atoms with E-state index >= 15 is 0 Å². The normalized spacial score (nSPS) is 28.2. The quantitative estimate of drug-likeness (QED) is 0.818. The van der Waals surface area contributed by atoms with Crippen molar-refractivity contribution in [1.82, 2.24) is 4.31 Å². The zero-order valence-corrected chi connectivity index (χ0v) is 11.6. The van der Waals surface area contributed by atoms with E-state index in [4.69, 9.17) is 0 Å². The van der Waals surface area contributed by atoms with Crippen LogP contribution in [0.3, 0.4) is 0 Å². The third-order valence-electron chi connectivity index (χ3n) is 3.23. The van der Waals surface area contributed by atoms with E-state index in [0.717, 1.165) is 6.42 Å². The van der Waals surface area contributed by atoms with E-state index in [0.29, 0.717) is 5.92 Å². The van der Waals surface area contributed by atoms with Gasteiger partial charge in [0.05, 0.1) is 11.4 Å². The minimum atomic E-state index is -3.32. The highest BCUT2D eigenvalue weighted by Crippen LogP contribution is 2.37. The number of aliphatic hydroxyl groups is 1. The monoisotopic (exact) mass is 249 g/mol. The van der Waals surface area contributed by atoms with Gasteiger partial charge in [0.1, 0.15) is 0 Å². The molecule has 0 aromatic heterocycles. The first-order valence-electron chi connectivity index (χ1n) is 5.77. The molecular weight excluding hydrogens is 226 g/mol. The molecule has 1 N–H and O–H groups in total. The zero-order valence-electron chi connectivity index (χ0n) is 10.8. The smallest absolute Gasteiger partial charge is 0.219 e. The Hall–Kier alpha value is -0.130. The molecule has 1 heterocycles. The summed E-state index contributed by atoms with van der Waals surface area (Å²) in [5.74, 6) is 0.292. The molecular formula is C11H23NO3S. The summed E-state index contributed by atoms with van der Waals surface area (Å²) in [6.07, 6.45) is 0.767. The van der Waals surface area contributed by atoms with Crippen LogP contribution in [0.2, 0.25) is 0 Å². The van der Waals surface area contributed by atoms with Gasteiger partial charge in [-0.1, -0.05) is 13.8 Å². The Labute approximate surface area is 98.7 Å². The molecule has 0 spiro atoms. The first-order chi connectivity index (χ1) is 7.13. The molecule has 1 aliphatic heterocycles. The number of sulfonamides is 1. The van der Waals surface area contributed by atoms with Crippen LogP contribution in [0.4, 0.5) is 0 Å². The summed E-state index contributed by atoms with van der Waals surface area (Å²) in [5, 5.41) is 9.18. The van der Waals surface area contributed by atoms with Crippen molar-refractivity contribution in [3.8, 4) is 0 Å². The van der Waals surface area contributed by atoms with E-state index in [1.165, 1.54) is 4.31 Å². The highest BCUT2D eigenvalue weighted by molar-refractivity contribution is 7.90. The van der Waals surface area contributed by atoms with Crippen LogP contribution in [0.1, 0.15) is 41.0 Å². The molecule has 0 amide bonds. The fourth-order valence-corrected chi connectivity index (χ4v) is 3.89. The minimum Gasteiger partial charge on any atom is -0.395 e. The van der Waals surface area contributed by atoms with Gasteiger partial charge in [-0.2, -0.15) is 4.31 Å². The van der Waals surface area contributed by atoms with Gasteiger partial charge in [0.15, 0.2) is 0 Å². The van der Waals surface area contributed by atoms with Gasteiger partial charge in [-0.15, -0.1) is 0 Å². The number of hydrogen-bond donors (Lipinski definition) is 1. The highest BCUT2D eigenvalue weighted by atomic mass is 32.2. The number of hydrogen-bond acceptors (Lipinski definition) is 3. The largest absolute Gasteiger partial charge is 0.395 e. The lowest BCUT2D eigenvalue weighted by atomic mass is 9.89. The predicted octanol–water partition coefficient (Wildman–Crippen LogP) is 1.21. The van der Waals surface area contributed by atoms with Crippen LogP contribution in [0.5, 0.6) is 0 Å². The van der Waals surface area contributed by atoms with Gasteiger partial charge >= 0.3 is 0 Å². The lowest BCUT2D eigenvalue weighted by Crippen LogP contribution is -2.64. The summed E-state index contributed by atoms with van der Waals surface area (Å²) in [6.45, 7) is 9.05. The Morgan fingerprint density at radius 3 is 2.19 bits per heavy atom. The lowest BCUT2D eigenvalue weighted by Gasteiger charge is -2.50. The maximum absolute atomic E-state index is 12.3. The Kier molecular flexibility index (Phi) is 3.72. The molecule has 0 saturated carbocycles. The number of rotatable bonds is 3. The van der Waals surface area contributed by atoms with Crippen LogP contribution in [0.25, 0.3) is 0 Å². The predicted molar refractivity (Wildman–Crippen MR) is 64.6 cm³/mol. The van der Waals surface area contributed by atoms with Crippen LogP contribution in [-0.4, -0.2) is 41.3 Å². The fraction of sp³-hybridized carbons (Fsp3) is 1.00. The van der Waals surface area contributed by atoms with Crippen molar-refractivity contribution in [2.75, 3.05) is 6.61 Å². The van der Waals surface area contributed by atoms with Gasteiger partial charge in [-0.05, 0) is 33.1 Å². The van der Waals surface area contributed by atoms with Crippen LogP contribution < -0.4 is 0 Å². The molecule has 1 saturated heterocycles. The molecule has 1 rings (SSSR count). The van der Waals surface area contributed by atoms with E-state index in [1.54, 1.807) is 20.8 Å². The van der Waals surface area contributed by atoms with Crippen molar-refractivity contribution in [2.24, 2.45) is 5.92 Å². The first kappa shape index (κ1) is 13.9. The van der Waals surface area contributed by atoms with E-state index in [1.807, 2.05) is 13.8 Å². The molecule has 0 bridgehead atoms. The molecule has 5 heteroatoms. The fourth-order valence-electron chi connectivity index (χ4n) is 2.03. The summed E-state index contributed by atoms with van der Waals surface area (Å²) in [5.41, 5.74) is 0. The second-order valence-corrected chi connectivity index (χ2v) is 8.43. The minimum absolute atomic E-state index is 0.0429. The van der Waals surface area contributed by atoms with Crippen molar-refractivity contribution in [2.45, 2.75) is 57.9 Å². The zero-order chi connectivity index (χ0) is 12.7. The molecule has 4 nitrogen and oxygen atoms in total. The average molecular weight is 249 g/mol. The SMILES string of the molecule is CC(C)[C@H]1C[C@H](CO)N1S(=O)(=O)C(C)(C)C. The Bertz CT molecular complexity index is 343. The van der Waals surface area contributed by atoms with Crippen LogP contribution in [-0.2, 0) is 10.0 Å². The molecule has 1 aliphatic rings. The highest BCUT2D eigenvalue weighted by Gasteiger charge is 2.50. The average Bonchev–Trinajstić information content (AvgIpc) is 1.98. The second kappa shape index (κ2) is 4.27. The molecule has 2 atom stereocenters. The van der Waals surface area contributed by atoms with Crippen molar-refractivity contribution in [1.29, 1.82) is 0 Å². The van der Waals surface area contributed by atoms with Gasteiger partial charge in [0.25, 0.3) is 0 Å². The standard InChI is InChI=1S/C11H23NO3S/c1-8(2)10-6-9(7-13)12(10)16(14,15)11(3,4)5/h8-10,13H,6-7H2,1-5H3/t9-,10-/m1/s1. The summed E-state index contributed by atoms with van der Waals surface area (Å²) >= 11 is 0. The van der Waals surface area contributed by atoms with E-state index < -0.39 is 14.8 Å². The van der Waals surface area contributed by atoms with Crippen molar-refractivity contribution in [3.05, 3.63) is 0 Å². The van der Waals surface area contributed by atoms with Gasteiger partial charge in [-0.25, -0.2) is 8.42 Å². The molecule has 0 aromatic rings. The summed E-state index contributed by atoms with van der Waals surface area (Å²) in [7, 11) is -3.32. The summed E-state index contributed by atoms with van der Waals surface area (Å²) < 4.78 is 25.4. The van der Waals surface area contributed by atoms with Gasteiger partial charge < -0.3 is 5.11 Å². The van der Waals surface area contributed by atoms with Crippen molar-refractivity contribution in [3.63, 3.8) is 0 Å². The molecule has 0 aliphatic carbocycles. The number of nitrogens with zero attached hydrogens (tertiary/aromatic N) is 1. The lowest BCUT2D eigenvalue weighted by molar-refractivity contribution is 0.0322. The third-order valence-corrected chi connectivity index (χ3v) is 5.90. The second-order valence-electron chi connectivity index (χ2n) is 5.83. The molecule has 0 unspecified atom stereocenters. The van der Waals surface area contributed by atoms with Gasteiger partial charge in [0.2, 0.25) is 10.0 Å². The first-order valence-corrected chi connectivity index (χ1v) is 7.21. The van der Waals surface area contributed by atoms with Crippen LogP contribution in [0.15, 0.2) is 0 Å². The molecule has 0 aromatic carbocycles. The van der Waals surface area contributed by atoms with Gasteiger partial charge in [-0.3, -0.25) is 0 Å². The summed E-state index contributed by atoms with van der Waals surface area (Å²) in [6, 6.07) is -0.182. The van der Waals surface area contributed by atoms with Crippen molar-refractivity contribution >= 4 is 10.0 Å². The van der Waals surface area contributed by atoms with Crippen LogP contribution >= 0.6 is 0 Å². The summed E-state index contributed by atoms with van der Waals surface area (Å²) in [4.78, 5) is 0.